The molecule has 7 nitrogen and oxygen atoms in total. The normalized spacial score (nSPS) is 15.8. The summed E-state index contributed by atoms with van der Waals surface area (Å²) in [5.41, 5.74) is 11.2. The third-order valence-electron chi connectivity index (χ3n) is 7.01. The van der Waals surface area contributed by atoms with Gasteiger partial charge in [-0.1, -0.05) is 24.3 Å². The lowest BCUT2D eigenvalue weighted by Gasteiger charge is -2.32. The van der Waals surface area contributed by atoms with Crippen LogP contribution in [0.3, 0.4) is 0 Å². The second-order valence-electron chi connectivity index (χ2n) is 10.1. The van der Waals surface area contributed by atoms with E-state index in [4.69, 9.17) is 10.5 Å². The Kier molecular flexibility index (Phi) is 7.86. The average Bonchev–Trinajstić information content (AvgIpc) is 3.37. The molecule has 0 saturated carbocycles. The minimum atomic E-state index is -0.186. The SMILES string of the molecule is Cc1cn(-c2cc(CN3CCCC(CN)C3)cc(NC(=O)c3ccc(C)c(Oc4ccccc4)c3)c2)cn1. The molecule has 4 aromatic rings. The number of nitrogens with two attached hydrogens (primary N) is 1. The van der Waals surface area contributed by atoms with E-state index in [0.29, 0.717) is 17.2 Å². The van der Waals surface area contributed by atoms with Gasteiger partial charge in [-0.2, -0.15) is 0 Å². The Balaban J connectivity index is 1.39. The summed E-state index contributed by atoms with van der Waals surface area (Å²) in [6, 6.07) is 21.3. The van der Waals surface area contributed by atoms with Crippen molar-refractivity contribution in [2.24, 2.45) is 11.7 Å². The van der Waals surface area contributed by atoms with Gasteiger partial charge in [0.2, 0.25) is 0 Å². The van der Waals surface area contributed by atoms with E-state index in [-0.39, 0.29) is 5.91 Å². The van der Waals surface area contributed by atoms with E-state index in [1.54, 1.807) is 12.4 Å². The predicted molar refractivity (Wildman–Crippen MR) is 151 cm³/mol. The van der Waals surface area contributed by atoms with Crippen LogP contribution in [0.5, 0.6) is 11.5 Å². The molecule has 2 heterocycles. The minimum absolute atomic E-state index is 0.186. The summed E-state index contributed by atoms with van der Waals surface area (Å²) >= 11 is 0. The standard InChI is InChI=1S/C31H35N5O2/c1-22-10-11-26(15-30(22)38-29-8-4-3-5-9-29)31(37)34-27-13-25(20-35-12-6-7-24(17-32)19-35)14-28(16-27)36-18-23(2)33-21-36/h3-5,8-11,13-16,18,21,24H,6-7,12,17,19-20,32H2,1-2H3,(H,34,37). The number of para-hydroxylation sites is 1. The van der Waals surface area contributed by atoms with Gasteiger partial charge in [-0.3, -0.25) is 9.69 Å². The molecule has 196 valence electrons. The third-order valence-corrected chi connectivity index (χ3v) is 7.01. The second-order valence-corrected chi connectivity index (χ2v) is 10.1. The Morgan fingerprint density at radius 3 is 2.71 bits per heavy atom. The Hall–Kier alpha value is -3.94. The van der Waals surface area contributed by atoms with Crippen LogP contribution < -0.4 is 15.8 Å². The zero-order valence-corrected chi connectivity index (χ0v) is 22.1. The lowest BCUT2D eigenvalue weighted by Crippen LogP contribution is -2.37. The lowest BCUT2D eigenvalue weighted by molar-refractivity contribution is 0.102. The van der Waals surface area contributed by atoms with Crippen molar-refractivity contribution in [2.75, 3.05) is 25.0 Å². The summed E-state index contributed by atoms with van der Waals surface area (Å²) in [7, 11) is 0. The Morgan fingerprint density at radius 1 is 1.11 bits per heavy atom. The maximum Gasteiger partial charge on any atom is 0.255 e. The van der Waals surface area contributed by atoms with E-state index < -0.39 is 0 Å². The molecule has 0 bridgehead atoms. The number of ether oxygens (including phenoxy) is 1. The monoisotopic (exact) mass is 509 g/mol. The van der Waals surface area contributed by atoms with Crippen LogP contribution in [0.4, 0.5) is 5.69 Å². The highest BCUT2D eigenvalue weighted by atomic mass is 16.5. The van der Waals surface area contributed by atoms with Crippen molar-refractivity contribution in [2.45, 2.75) is 33.2 Å². The van der Waals surface area contributed by atoms with Gasteiger partial charge in [0.25, 0.3) is 5.91 Å². The van der Waals surface area contributed by atoms with Crippen molar-refractivity contribution in [1.29, 1.82) is 0 Å². The van der Waals surface area contributed by atoms with Crippen LogP contribution in [-0.2, 0) is 6.54 Å². The molecular weight excluding hydrogens is 474 g/mol. The zero-order chi connectivity index (χ0) is 26.5. The number of benzene rings is 3. The molecule has 1 aromatic heterocycles. The number of amides is 1. The summed E-state index contributed by atoms with van der Waals surface area (Å²) < 4.78 is 8.04. The van der Waals surface area contributed by atoms with E-state index in [9.17, 15) is 4.79 Å². The first-order valence-electron chi connectivity index (χ1n) is 13.2. The molecule has 1 saturated heterocycles. The number of carbonyl (C=O) groups excluding carboxylic acids is 1. The van der Waals surface area contributed by atoms with Crippen molar-refractivity contribution in [1.82, 2.24) is 14.5 Å². The van der Waals surface area contributed by atoms with Crippen LogP contribution in [0.1, 0.15) is 40.0 Å². The van der Waals surface area contributed by atoms with Crippen molar-refractivity contribution >= 4 is 11.6 Å². The minimum Gasteiger partial charge on any atom is -0.457 e. The highest BCUT2D eigenvalue weighted by Crippen LogP contribution is 2.27. The van der Waals surface area contributed by atoms with Gasteiger partial charge in [-0.25, -0.2) is 4.98 Å². The van der Waals surface area contributed by atoms with Crippen LogP contribution >= 0.6 is 0 Å². The van der Waals surface area contributed by atoms with Gasteiger partial charge in [0.1, 0.15) is 11.5 Å². The molecule has 0 radical (unpaired) electrons. The van der Waals surface area contributed by atoms with Gasteiger partial charge >= 0.3 is 0 Å². The first kappa shape index (κ1) is 25.7. The number of nitrogens with one attached hydrogen (secondary N) is 1. The zero-order valence-electron chi connectivity index (χ0n) is 22.1. The first-order valence-corrected chi connectivity index (χ1v) is 13.2. The summed E-state index contributed by atoms with van der Waals surface area (Å²) in [5, 5.41) is 3.12. The van der Waals surface area contributed by atoms with Gasteiger partial charge in [0.15, 0.2) is 0 Å². The number of likely N-dealkylation sites (tertiary alicyclic amines) is 1. The lowest BCUT2D eigenvalue weighted by atomic mass is 9.98. The maximum atomic E-state index is 13.4. The molecule has 38 heavy (non-hydrogen) atoms. The van der Waals surface area contributed by atoms with Crippen LogP contribution in [0.2, 0.25) is 0 Å². The number of rotatable bonds is 8. The third kappa shape index (κ3) is 6.30. The van der Waals surface area contributed by atoms with Gasteiger partial charge in [0, 0.05) is 36.2 Å². The van der Waals surface area contributed by atoms with Gasteiger partial charge in [-0.15, -0.1) is 0 Å². The summed E-state index contributed by atoms with van der Waals surface area (Å²) in [6.07, 6.45) is 6.14. The van der Waals surface area contributed by atoms with Crippen LogP contribution in [-0.4, -0.2) is 40.0 Å². The first-order chi connectivity index (χ1) is 18.5. The predicted octanol–water partition coefficient (Wildman–Crippen LogP) is 5.70. The highest BCUT2D eigenvalue weighted by Gasteiger charge is 2.19. The van der Waals surface area contributed by atoms with Crippen LogP contribution in [0.25, 0.3) is 5.69 Å². The number of hydrogen-bond donors (Lipinski definition) is 2. The van der Waals surface area contributed by atoms with Crippen molar-refractivity contribution in [3.8, 4) is 17.2 Å². The molecule has 1 amide bonds. The molecule has 1 atom stereocenters. The van der Waals surface area contributed by atoms with E-state index in [2.05, 4.69) is 27.3 Å². The van der Waals surface area contributed by atoms with Gasteiger partial charge < -0.3 is 20.4 Å². The number of anilines is 1. The smallest absolute Gasteiger partial charge is 0.255 e. The largest absolute Gasteiger partial charge is 0.457 e. The molecule has 1 aliphatic rings. The van der Waals surface area contributed by atoms with Crippen molar-refractivity contribution in [3.05, 3.63) is 102 Å². The number of carbonyl (C=O) groups is 1. The van der Waals surface area contributed by atoms with E-state index in [0.717, 1.165) is 66.5 Å². The Bertz CT molecular complexity index is 1400. The Morgan fingerprint density at radius 2 is 1.95 bits per heavy atom. The molecule has 7 heteroatoms. The van der Waals surface area contributed by atoms with Crippen molar-refractivity contribution in [3.63, 3.8) is 0 Å². The molecule has 3 aromatic carbocycles. The summed E-state index contributed by atoms with van der Waals surface area (Å²) in [5.74, 6) is 1.74. The molecule has 1 aliphatic heterocycles. The molecule has 1 fully saturated rings. The second kappa shape index (κ2) is 11.6. The topological polar surface area (TPSA) is 85.4 Å². The van der Waals surface area contributed by atoms with Crippen LogP contribution in [0.15, 0.2) is 79.3 Å². The molecule has 0 spiro atoms. The van der Waals surface area contributed by atoms with Gasteiger partial charge in [-0.05, 0) is 99.3 Å². The molecule has 5 rings (SSSR count). The van der Waals surface area contributed by atoms with E-state index >= 15 is 0 Å². The van der Waals surface area contributed by atoms with Gasteiger partial charge in [0.05, 0.1) is 12.0 Å². The number of aromatic nitrogens is 2. The highest BCUT2D eigenvalue weighted by molar-refractivity contribution is 6.04. The molecular formula is C31H35N5O2. The van der Waals surface area contributed by atoms with Crippen molar-refractivity contribution < 1.29 is 9.53 Å². The van der Waals surface area contributed by atoms with Crippen LogP contribution in [0, 0.1) is 19.8 Å². The fourth-order valence-electron chi connectivity index (χ4n) is 4.96. The molecule has 3 N–H and O–H groups in total. The maximum absolute atomic E-state index is 13.4. The summed E-state index contributed by atoms with van der Waals surface area (Å²) in [4.78, 5) is 20.2. The van der Waals surface area contributed by atoms with E-state index in [1.165, 1.54) is 6.42 Å². The number of aryl methyl sites for hydroxylation is 2. The number of piperidine rings is 1. The average molecular weight is 510 g/mol. The quantitative estimate of drug-likeness (QED) is 0.318. The number of nitrogens with zero attached hydrogens (tertiary/aromatic N) is 3. The fraction of sp³-hybridized carbons (Fsp3) is 0.290. The van der Waals surface area contributed by atoms with E-state index in [1.807, 2.05) is 73.1 Å². The summed E-state index contributed by atoms with van der Waals surface area (Å²) in [6.45, 7) is 7.52. The fourth-order valence-corrected chi connectivity index (χ4v) is 4.96. The number of hydrogen-bond acceptors (Lipinski definition) is 5. The molecule has 0 aliphatic carbocycles. The Labute approximate surface area is 224 Å². The number of imidazole rings is 1. The molecule has 1 unspecified atom stereocenters.